The van der Waals surface area contributed by atoms with Crippen LogP contribution in [-0.4, -0.2) is 58.9 Å². The lowest BCUT2D eigenvalue weighted by Gasteiger charge is -2.25. The molecule has 1 saturated heterocycles. The highest BCUT2D eigenvalue weighted by atomic mass is 16.4. The lowest BCUT2D eigenvalue weighted by atomic mass is 10.1. The van der Waals surface area contributed by atoms with E-state index in [9.17, 15) is 19.2 Å². The van der Waals surface area contributed by atoms with Gasteiger partial charge in [-0.2, -0.15) is 0 Å². The SMILES string of the molecule is NC(=O)[C@@H]1CCCN1C(=O)[C@@H](N)Cc1ccccc1.O=C(O)CNC(=O)Cc1ccccc1. The van der Waals surface area contributed by atoms with E-state index in [0.29, 0.717) is 19.4 Å². The fraction of sp³-hybridized carbons (Fsp3) is 0.333. The summed E-state index contributed by atoms with van der Waals surface area (Å²) >= 11 is 0. The summed E-state index contributed by atoms with van der Waals surface area (Å²) in [7, 11) is 0. The molecule has 0 saturated carbocycles. The summed E-state index contributed by atoms with van der Waals surface area (Å²) in [6, 6.07) is 17.7. The number of nitrogens with two attached hydrogens (primary N) is 2. The van der Waals surface area contributed by atoms with Gasteiger partial charge < -0.3 is 26.8 Å². The predicted molar refractivity (Wildman–Crippen MR) is 123 cm³/mol. The second-order valence-corrected chi connectivity index (χ2v) is 7.72. The molecule has 0 aromatic heterocycles. The first-order chi connectivity index (χ1) is 15.8. The Bertz CT molecular complexity index is 936. The molecule has 9 heteroatoms. The molecular formula is C24H30N4O5. The van der Waals surface area contributed by atoms with Crippen LogP contribution < -0.4 is 16.8 Å². The lowest BCUT2D eigenvalue weighted by molar-refractivity contribution is -0.138. The number of benzene rings is 2. The summed E-state index contributed by atoms with van der Waals surface area (Å²) in [5, 5.41) is 10.6. The number of rotatable bonds is 8. The Morgan fingerprint density at radius 2 is 1.58 bits per heavy atom. The quantitative estimate of drug-likeness (QED) is 0.454. The zero-order valence-corrected chi connectivity index (χ0v) is 18.4. The number of carbonyl (C=O) groups excluding carboxylic acids is 3. The molecule has 0 aliphatic carbocycles. The number of carboxylic acid groups (broad SMARTS) is 1. The topological polar surface area (TPSA) is 156 Å². The van der Waals surface area contributed by atoms with Crippen molar-refractivity contribution < 1.29 is 24.3 Å². The first-order valence-electron chi connectivity index (χ1n) is 10.7. The maximum atomic E-state index is 12.3. The van der Waals surface area contributed by atoms with Crippen molar-refractivity contribution in [1.82, 2.24) is 10.2 Å². The highest BCUT2D eigenvalue weighted by molar-refractivity contribution is 5.89. The van der Waals surface area contributed by atoms with Gasteiger partial charge in [-0.3, -0.25) is 19.2 Å². The summed E-state index contributed by atoms with van der Waals surface area (Å²) in [6.07, 6.45) is 2.13. The molecule has 2 aromatic carbocycles. The molecule has 0 bridgehead atoms. The summed E-state index contributed by atoms with van der Waals surface area (Å²) in [4.78, 5) is 46.4. The molecule has 0 spiro atoms. The van der Waals surface area contributed by atoms with Gasteiger partial charge in [-0.15, -0.1) is 0 Å². The van der Waals surface area contributed by atoms with Crippen molar-refractivity contribution in [3.63, 3.8) is 0 Å². The first kappa shape index (κ1) is 25.5. The summed E-state index contributed by atoms with van der Waals surface area (Å²) < 4.78 is 0. The van der Waals surface area contributed by atoms with Crippen LogP contribution in [0.2, 0.25) is 0 Å². The van der Waals surface area contributed by atoms with Crippen LogP contribution in [0.5, 0.6) is 0 Å². The Hall–Kier alpha value is -3.72. The van der Waals surface area contributed by atoms with E-state index in [2.05, 4.69) is 5.32 Å². The zero-order chi connectivity index (χ0) is 24.2. The number of carbonyl (C=O) groups is 4. The molecule has 176 valence electrons. The molecule has 1 aliphatic rings. The smallest absolute Gasteiger partial charge is 0.322 e. The minimum absolute atomic E-state index is 0.190. The number of likely N-dealkylation sites (tertiary alicyclic amines) is 1. The molecule has 1 heterocycles. The molecule has 1 aliphatic heterocycles. The Kier molecular flexibility index (Phi) is 10.0. The monoisotopic (exact) mass is 454 g/mol. The molecule has 2 aromatic rings. The molecule has 0 unspecified atom stereocenters. The van der Waals surface area contributed by atoms with Crippen LogP contribution in [0.25, 0.3) is 0 Å². The standard InChI is InChI=1S/C14H19N3O2.C10H11NO3/c15-11(9-10-5-2-1-3-6-10)14(19)17-8-4-7-12(17)13(16)18;12-9(11-7-10(13)14)6-8-4-2-1-3-5-8/h1-3,5-6,11-12H,4,7-9,15H2,(H2,16,18);1-5H,6-7H2,(H,11,12)(H,13,14)/t11-,12-;/m0./s1. The minimum Gasteiger partial charge on any atom is -0.480 e. The van der Waals surface area contributed by atoms with Crippen LogP contribution in [0, 0.1) is 0 Å². The van der Waals surface area contributed by atoms with Gasteiger partial charge in [-0.1, -0.05) is 60.7 Å². The van der Waals surface area contributed by atoms with E-state index in [1.165, 1.54) is 4.90 Å². The van der Waals surface area contributed by atoms with Crippen LogP contribution >= 0.6 is 0 Å². The Labute approximate surface area is 192 Å². The number of hydrogen-bond acceptors (Lipinski definition) is 5. The molecule has 2 atom stereocenters. The summed E-state index contributed by atoms with van der Waals surface area (Å²) in [5.41, 5.74) is 13.1. The van der Waals surface area contributed by atoms with Crippen LogP contribution in [-0.2, 0) is 32.0 Å². The third-order valence-corrected chi connectivity index (χ3v) is 5.12. The maximum absolute atomic E-state index is 12.3. The summed E-state index contributed by atoms with van der Waals surface area (Å²) in [6.45, 7) is 0.237. The number of aliphatic carboxylic acids is 1. The lowest BCUT2D eigenvalue weighted by Crippen LogP contribution is -2.50. The van der Waals surface area contributed by atoms with Gasteiger partial charge in [0.2, 0.25) is 17.7 Å². The van der Waals surface area contributed by atoms with Crippen LogP contribution in [0.3, 0.4) is 0 Å². The zero-order valence-electron chi connectivity index (χ0n) is 18.4. The Morgan fingerprint density at radius 1 is 1.00 bits per heavy atom. The minimum atomic E-state index is -1.04. The van der Waals surface area contributed by atoms with Crippen molar-refractivity contribution in [2.24, 2.45) is 11.5 Å². The molecule has 3 amide bonds. The van der Waals surface area contributed by atoms with Gasteiger partial charge in [0.25, 0.3) is 0 Å². The Balaban J connectivity index is 0.000000245. The molecule has 1 fully saturated rings. The van der Waals surface area contributed by atoms with Crippen molar-refractivity contribution in [3.05, 3.63) is 71.8 Å². The van der Waals surface area contributed by atoms with Crippen LogP contribution in [0.4, 0.5) is 0 Å². The van der Waals surface area contributed by atoms with E-state index in [-0.39, 0.29) is 24.8 Å². The first-order valence-corrected chi connectivity index (χ1v) is 10.7. The van der Waals surface area contributed by atoms with E-state index in [1.807, 2.05) is 60.7 Å². The highest BCUT2D eigenvalue weighted by Crippen LogP contribution is 2.18. The van der Waals surface area contributed by atoms with E-state index in [0.717, 1.165) is 17.5 Å². The van der Waals surface area contributed by atoms with E-state index in [1.54, 1.807) is 0 Å². The van der Waals surface area contributed by atoms with Crippen molar-refractivity contribution in [2.75, 3.05) is 13.1 Å². The van der Waals surface area contributed by atoms with Crippen molar-refractivity contribution in [1.29, 1.82) is 0 Å². The third kappa shape index (κ3) is 8.74. The van der Waals surface area contributed by atoms with E-state index >= 15 is 0 Å². The number of carboxylic acids is 1. The van der Waals surface area contributed by atoms with Crippen LogP contribution in [0.1, 0.15) is 24.0 Å². The van der Waals surface area contributed by atoms with Gasteiger partial charge >= 0.3 is 5.97 Å². The van der Waals surface area contributed by atoms with Crippen molar-refractivity contribution >= 4 is 23.7 Å². The third-order valence-electron chi connectivity index (χ3n) is 5.12. The predicted octanol–water partition coefficient (Wildman–Crippen LogP) is 0.463. The van der Waals surface area contributed by atoms with E-state index in [4.69, 9.17) is 16.6 Å². The number of nitrogens with one attached hydrogen (secondary N) is 1. The molecule has 3 rings (SSSR count). The number of primary amides is 1. The molecule has 6 N–H and O–H groups in total. The van der Waals surface area contributed by atoms with Crippen molar-refractivity contribution in [2.45, 2.75) is 37.8 Å². The fourth-order valence-electron chi connectivity index (χ4n) is 3.51. The molecule has 33 heavy (non-hydrogen) atoms. The summed E-state index contributed by atoms with van der Waals surface area (Å²) in [5.74, 6) is -1.95. The number of amides is 3. The second-order valence-electron chi connectivity index (χ2n) is 7.72. The highest BCUT2D eigenvalue weighted by Gasteiger charge is 2.34. The number of nitrogens with zero attached hydrogens (tertiary/aromatic N) is 1. The van der Waals surface area contributed by atoms with Gasteiger partial charge in [-0.25, -0.2) is 0 Å². The molecule has 0 radical (unpaired) electrons. The fourth-order valence-corrected chi connectivity index (χ4v) is 3.51. The second kappa shape index (κ2) is 13.0. The van der Waals surface area contributed by atoms with Gasteiger partial charge in [0.1, 0.15) is 12.6 Å². The largest absolute Gasteiger partial charge is 0.480 e. The average Bonchev–Trinajstić information content (AvgIpc) is 3.29. The normalized spacial score (nSPS) is 15.7. The van der Waals surface area contributed by atoms with Gasteiger partial charge in [0.15, 0.2) is 0 Å². The average molecular weight is 455 g/mol. The van der Waals surface area contributed by atoms with Gasteiger partial charge in [-0.05, 0) is 30.4 Å². The van der Waals surface area contributed by atoms with E-state index < -0.39 is 24.0 Å². The van der Waals surface area contributed by atoms with Crippen LogP contribution in [0.15, 0.2) is 60.7 Å². The Morgan fingerprint density at radius 3 is 2.12 bits per heavy atom. The maximum Gasteiger partial charge on any atom is 0.322 e. The molecular weight excluding hydrogens is 424 g/mol. The van der Waals surface area contributed by atoms with Gasteiger partial charge in [0, 0.05) is 6.54 Å². The van der Waals surface area contributed by atoms with Crippen molar-refractivity contribution in [3.8, 4) is 0 Å². The number of hydrogen-bond donors (Lipinski definition) is 4. The van der Waals surface area contributed by atoms with Gasteiger partial charge in [0.05, 0.1) is 12.5 Å². The molecule has 9 nitrogen and oxygen atoms in total.